The topological polar surface area (TPSA) is 26.3 Å². The highest BCUT2D eigenvalue weighted by atomic mass is 35.5. The molecule has 0 bridgehead atoms. The minimum atomic E-state index is -0.308. The van der Waals surface area contributed by atoms with Gasteiger partial charge in [-0.1, -0.05) is 53.7 Å². The lowest BCUT2D eigenvalue weighted by Crippen LogP contribution is -2.06. The van der Waals surface area contributed by atoms with Crippen LogP contribution < -0.4 is 0 Å². The summed E-state index contributed by atoms with van der Waals surface area (Å²) in [6.45, 7) is 1.89. The Morgan fingerprint density at radius 2 is 1.84 bits per heavy atom. The molecule has 0 unspecified atom stereocenters. The van der Waals surface area contributed by atoms with Crippen LogP contribution in [0.25, 0.3) is 0 Å². The molecule has 0 saturated heterocycles. The summed E-state index contributed by atoms with van der Waals surface area (Å²) in [4.78, 5) is 12.8. The van der Waals surface area contributed by atoms with Crippen molar-refractivity contribution < 1.29 is 9.53 Å². The van der Waals surface area contributed by atoms with Gasteiger partial charge in [0.15, 0.2) is 0 Å². The largest absolute Gasteiger partial charge is 0.451 e. The Morgan fingerprint density at radius 3 is 2.58 bits per heavy atom. The van der Waals surface area contributed by atoms with E-state index in [1.165, 1.54) is 11.8 Å². The van der Waals surface area contributed by atoms with Crippen LogP contribution in [0, 0.1) is 6.92 Å². The molecule has 2 rings (SSSR count). The van der Waals surface area contributed by atoms with Gasteiger partial charge in [-0.25, -0.2) is 4.79 Å². The highest BCUT2D eigenvalue weighted by Crippen LogP contribution is 2.26. The van der Waals surface area contributed by atoms with Gasteiger partial charge in [0.05, 0.1) is 10.6 Å². The molecule has 0 amide bonds. The van der Waals surface area contributed by atoms with Crippen LogP contribution in [0.4, 0.5) is 0 Å². The predicted octanol–water partition coefficient (Wildman–Crippen LogP) is 4.56. The summed E-state index contributed by atoms with van der Waals surface area (Å²) in [5.41, 5.74) is 1.51. The van der Waals surface area contributed by atoms with E-state index in [1.54, 1.807) is 6.07 Å². The van der Waals surface area contributed by atoms with Crippen molar-refractivity contribution >= 4 is 29.3 Å². The Morgan fingerprint density at radius 1 is 1.16 bits per heavy atom. The third kappa shape index (κ3) is 3.75. The fraction of sp³-hybridized carbons (Fsp3) is 0.133. The molecule has 0 N–H and O–H groups in total. The maximum Gasteiger partial charge on any atom is 0.339 e. The first-order chi connectivity index (χ1) is 9.18. The smallest absolute Gasteiger partial charge is 0.339 e. The van der Waals surface area contributed by atoms with Gasteiger partial charge in [0.2, 0.25) is 0 Å². The van der Waals surface area contributed by atoms with Crippen LogP contribution in [-0.4, -0.2) is 11.9 Å². The molecule has 2 aromatic rings. The van der Waals surface area contributed by atoms with Crippen molar-refractivity contribution in [1.29, 1.82) is 0 Å². The molecule has 0 fully saturated rings. The van der Waals surface area contributed by atoms with Crippen LogP contribution >= 0.6 is 23.4 Å². The summed E-state index contributed by atoms with van der Waals surface area (Å²) in [7, 11) is 0. The first-order valence-electron chi connectivity index (χ1n) is 5.78. The molecule has 2 aromatic carbocycles. The van der Waals surface area contributed by atoms with Crippen molar-refractivity contribution in [3.63, 3.8) is 0 Å². The number of rotatable bonds is 4. The lowest BCUT2D eigenvalue weighted by atomic mass is 10.1. The standard InChI is InChI=1S/C15H13ClO2S/c1-11-6-2-3-7-12(11)15(17)18-10-19-14-9-5-4-8-13(14)16/h2-9H,10H2,1H3. The Kier molecular flexibility index (Phi) is 4.88. The van der Waals surface area contributed by atoms with Gasteiger partial charge in [-0.05, 0) is 30.7 Å². The van der Waals surface area contributed by atoms with Gasteiger partial charge < -0.3 is 4.74 Å². The van der Waals surface area contributed by atoms with E-state index in [-0.39, 0.29) is 11.9 Å². The molecule has 0 aromatic heterocycles. The zero-order valence-corrected chi connectivity index (χ0v) is 12.0. The number of halogens is 1. The zero-order valence-electron chi connectivity index (χ0n) is 10.4. The van der Waals surface area contributed by atoms with E-state index in [2.05, 4.69) is 0 Å². The lowest BCUT2D eigenvalue weighted by Gasteiger charge is -2.07. The zero-order chi connectivity index (χ0) is 13.7. The van der Waals surface area contributed by atoms with Gasteiger partial charge in [0.25, 0.3) is 0 Å². The molecule has 0 aliphatic carbocycles. The van der Waals surface area contributed by atoms with E-state index in [1.807, 2.05) is 49.4 Å². The molecule has 0 aliphatic heterocycles. The fourth-order valence-electron chi connectivity index (χ4n) is 1.59. The average Bonchev–Trinajstić information content (AvgIpc) is 2.41. The van der Waals surface area contributed by atoms with Gasteiger partial charge in [-0.2, -0.15) is 0 Å². The average molecular weight is 293 g/mol. The van der Waals surface area contributed by atoms with Crippen LogP contribution in [0.5, 0.6) is 0 Å². The second-order valence-corrected chi connectivity index (χ2v) is 5.31. The van der Waals surface area contributed by atoms with Gasteiger partial charge in [-0.3, -0.25) is 0 Å². The summed E-state index contributed by atoms with van der Waals surface area (Å²) in [6, 6.07) is 14.8. The highest BCUT2D eigenvalue weighted by molar-refractivity contribution is 7.99. The van der Waals surface area contributed by atoms with Crippen molar-refractivity contribution in [1.82, 2.24) is 0 Å². The van der Waals surface area contributed by atoms with Gasteiger partial charge in [0, 0.05) is 4.90 Å². The van der Waals surface area contributed by atoms with Crippen LogP contribution in [-0.2, 0) is 4.74 Å². The fourth-order valence-corrected chi connectivity index (χ4v) is 2.56. The van der Waals surface area contributed by atoms with Gasteiger partial charge in [-0.15, -0.1) is 0 Å². The number of carbonyl (C=O) groups is 1. The number of thioether (sulfide) groups is 1. The molecule has 0 aliphatic rings. The first kappa shape index (κ1) is 14.0. The molecule has 0 spiro atoms. The number of hydrogen-bond donors (Lipinski definition) is 0. The third-order valence-corrected chi connectivity index (χ3v) is 3.95. The predicted molar refractivity (Wildman–Crippen MR) is 78.8 cm³/mol. The molecule has 2 nitrogen and oxygen atoms in total. The van der Waals surface area contributed by atoms with Gasteiger partial charge >= 0.3 is 5.97 Å². The number of benzene rings is 2. The molecule has 0 atom stereocenters. The van der Waals surface area contributed by atoms with E-state index >= 15 is 0 Å². The monoisotopic (exact) mass is 292 g/mol. The van der Waals surface area contributed by atoms with Gasteiger partial charge in [0.1, 0.15) is 5.94 Å². The molecule has 4 heteroatoms. The number of hydrogen-bond acceptors (Lipinski definition) is 3. The Balaban J connectivity index is 1.92. The number of ether oxygens (including phenoxy) is 1. The Labute approximate surface area is 121 Å². The molecule has 19 heavy (non-hydrogen) atoms. The molecule has 0 radical (unpaired) electrons. The van der Waals surface area contributed by atoms with E-state index in [0.717, 1.165) is 10.5 Å². The maximum absolute atomic E-state index is 11.9. The molecule has 0 saturated carbocycles. The summed E-state index contributed by atoms with van der Waals surface area (Å²) in [6.07, 6.45) is 0. The van der Waals surface area contributed by atoms with Crippen LogP contribution in [0.2, 0.25) is 5.02 Å². The summed E-state index contributed by atoms with van der Waals surface area (Å²) in [5, 5.41) is 0.666. The second-order valence-electron chi connectivity index (χ2n) is 3.94. The summed E-state index contributed by atoms with van der Waals surface area (Å²) in [5.74, 6) is -0.0608. The Bertz CT molecular complexity index is 584. The van der Waals surface area contributed by atoms with Crippen molar-refractivity contribution in [3.05, 3.63) is 64.7 Å². The third-order valence-electron chi connectivity index (χ3n) is 2.61. The summed E-state index contributed by atoms with van der Waals surface area (Å²) >= 11 is 7.42. The lowest BCUT2D eigenvalue weighted by molar-refractivity contribution is 0.0578. The van der Waals surface area contributed by atoms with Crippen molar-refractivity contribution in [2.24, 2.45) is 0 Å². The van der Waals surface area contributed by atoms with Crippen LogP contribution in [0.1, 0.15) is 15.9 Å². The van der Waals surface area contributed by atoms with Crippen molar-refractivity contribution in [3.8, 4) is 0 Å². The number of aryl methyl sites for hydroxylation is 1. The molecule has 98 valence electrons. The molecular formula is C15H13ClO2S. The highest BCUT2D eigenvalue weighted by Gasteiger charge is 2.09. The van der Waals surface area contributed by atoms with Crippen LogP contribution in [0.15, 0.2) is 53.4 Å². The maximum atomic E-state index is 11.9. The van der Waals surface area contributed by atoms with Crippen molar-refractivity contribution in [2.45, 2.75) is 11.8 Å². The molecular weight excluding hydrogens is 280 g/mol. The quantitative estimate of drug-likeness (QED) is 0.469. The SMILES string of the molecule is Cc1ccccc1C(=O)OCSc1ccccc1Cl. The second kappa shape index (κ2) is 6.64. The van der Waals surface area contributed by atoms with Crippen molar-refractivity contribution in [2.75, 3.05) is 5.94 Å². The first-order valence-corrected chi connectivity index (χ1v) is 7.15. The minimum Gasteiger partial charge on any atom is -0.451 e. The van der Waals surface area contributed by atoms with E-state index in [4.69, 9.17) is 16.3 Å². The van der Waals surface area contributed by atoms with E-state index in [9.17, 15) is 4.79 Å². The van der Waals surface area contributed by atoms with Crippen LogP contribution in [0.3, 0.4) is 0 Å². The Hall–Kier alpha value is -1.45. The molecule has 0 heterocycles. The van der Waals surface area contributed by atoms with E-state index in [0.29, 0.717) is 10.6 Å². The van der Waals surface area contributed by atoms with E-state index < -0.39 is 0 Å². The minimum absolute atomic E-state index is 0.247. The number of carbonyl (C=O) groups excluding carboxylic acids is 1. The normalized spacial score (nSPS) is 10.2. The number of esters is 1. The summed E-state index contributed by atoms with van der Waals surface area (Å²) < 4.78 is 5.23.